The Balaban J connectivity index is 1.66. The van der Waals surface area contributed by atoms with E-state index < -0.39 is 0 Å². The minimum absolute atomic E-state index is 0.262. The topological polar surface area (TPSA) is 33.2 Å². The molecule has 1 aromatic heterocycles. The minimum atomic E-state index is -0.362. The van der Waals surface area contributed by atoms with Crippen molar-refractivity contribution in [2.75, 3.05) is 11.4 Å². The van der Waals surface area contributed by atoms with Crippen molar-refractivity contribution in [3.05, 3.63) is 69.9 Å². The molecule has 1 aliphatic heterocycles. The van der Waals surface area contributed by atoms with E-state index in [1.807, 2.05) is 18.2 Å². The molecule has 0 N–H and O–H groups in total. The van der Waals surface area contributed by atoms with Gasteiger partial charge in [-0.2, -0.15) is 0 Å². The Morgan fingerprint density at radius 1 is 1.20 bits per heavy atom. The van der Waals surface area contributed by atoms with E-state index in [0.717, 1.165) is 29.0 Å². The largest absolute Gasteiger partial charge is 0.304 e. The number of hydrogen-bond donors (Lipinski definition) is 0. The van der Waals surface area contributed by atoms with Crippen LogP contribution in [-0.4, -0.2) is 17.4 Å². The summed E-state index contributed by atoms with van der Waals surface area (Å²) >= 11 is 7.30. The average Bonchev–Trinajstić information content (AvgIpc) is 3.11. The van der Waals surface area contributed by atoms with Crippen LogP contribution in [0.3, 0.4) is 0 Å². The predicted octanol–water partition coefficient (Wildman–Crippen LogP) is 5.20. The summed E-state index contributed by atoms with van der Waals surface area (Å²) in [6.07, 6.45) is 1.60. The van der Waals surface area contributed by atoms with Crippen LogP contribution >= 0.6 is 22.9 Å². The maximum absolute atomic E-state index is 14.3. The third-order valence-electron chi connectivity index (χ3n) is 4.23. The van der Waals surface area contributed by atoms with Gasteiger partial charge in [0.25, 0.3) is 5.91 Å². The van der Waals surface area contributed by atoms with Gasteiger partial charge in [0.2, 0.25) is 0 Å². The zero-order chi connectivity index (χ0) is 17.4. The SMILES string of the molecule is O=C(c1csc(-c2ccc(Cl)cc2)n1)N1CCCc2cccc(F)c21. The molecule has 6 heteroatoms. The maximum atomic E-state index is 14.3. The summed E-state index contributed by atoms with van der Waals surface area (Å²) in [5.74, 6) is -0.624. The van der Waals surface area contributed by atoms with Crippen LogP contribution < -0.4 is 4.90 Å². The lowest BCUT2D eigenvalue weighted by molar-refractivity contribution is 0.0980. The Morgan fingerprint density at radius 2 is 2.00 bits per heavy atom. The van der Waals surface area contributed by atoms with Gasteiger partial charge in [0, 0.05) is 22.5 Å². The van der Waals surface area contributed by atoms with E-state index in [1.54, 1.807) is 23.6 Å². The molecule has 0 bridgehead atoms. The number of para-hydroxylation sites is 1. The van der Waals surface area contributed by atoms with Crippen molar-refractivity contribution < 1.29 is 9.18 Å². The van der Waals surface area contributed by atoms with Gasteiger partial charge in [-0.15, -0.1) is 11.3 Å². The van der Waals surface area contributed by atoms with E-state index >= 15 is 0 Å². The van der Waals surface area contributed by atoms with Crippen LogP contribution in [-0.2, 0) is 6.42 Å². The third-order valence-corrected chi connectivity index (χ3v) is 5.37. The molecular weight excluding hydrogens is 359 g/mol. The fraction of sp³-hybridized carbons (Fsp3) is 0.158. The maximum Gasteiger partial charge on any atom is 0.277 e. The molecule has 2 heterocycles. The van der Waals surface area contributed by atoms with Gasteiger partial charge >= 0.3 is 0 Å². The van der Waals surface area contributed by atoms with Crippen molar-refractivity contribution >= 4 is 34.5 Å². The number of rotatable bonds is 2. The van der Waals surface area contributed by atoms with Gasteiger partial charge in [0.15, 0.2) is 0 Å². The molecule has 3 aromatic rings. The first-order valence-electron chi connectivity index (χ1n) is 7.94. The Hall–Kier alpha value is -2.24. The first kappa shape index (κ1) is 16.2. The number of fused-ring (bicyclic) bond motifs is 1. The summed E-state index contributed by atoms with van der Waals surface area (Å²) in [7, 11) is 0. The summed E-state index contributed by atoms with van der Waals surface area (Å²) in [5, 5.41) is 3.12. The van der Waals surface area contributed by atoms with Crippen LogP contribution in [0.25, 0.3) is 10.6 Å². The van der Waals surface area contributed by atoms with Crippen LogP contribution in [0, 0.1) is 5.82 Å². The summed E-state index contributed by atoms with van der Waals surface area (Å²) in [5.41, 5.74) is 2.50. The van der Waals surface area contributed by atoms with Gasteiger partial charge in [0.05, 0.1) is 5.69 Å². The summed E-state index contributed by atoms with van der Waals surface area (Å²) < 4.78 is 14.3. The fourth-order valence-electron chi connectivity index (χ4n) is 3.04. The highest BCUT2D eigenvalue weighted by Crippen LogP contribution is 2.32. The molecule has 4 rings (SSSR count). The zero-order valence-corrected chi connectivity index (χ0v) is 14.8. The molecule has 126 valence electrons. The number of halogens is 2. The molecule has 0 aliphatic carbocycles. The van der Waals surface area contributed by atoms with Crippen LogP contribution in [0.5, 0.6) is 0 Å². The molecule has 1 aliphatic rings. The summed E-state index contributed by atoms with van der Waals surface area (Å²) in [4.78, 5) is 18.9. The molecule has 0 fully saturated rings. The van der Waals surface area contributed by atoms with Crippen LogP contribution in [0.2, 0.25) is 5.02 Å². The first-order valence-corrected chi connectivity index (χ1v) is 9.20. The van der Waals surface area contributed by atoms with Gasteiger partial charge in [-0.1, -0.05) is 35.9 Å². The van der Waals surface area contributed by atoms with Crippen molar-refractivity contribution in [3.8, 4) is 10.6 Å². The number of carbonyl (C=O) groups excluding carboxylic acids is 1. The van der Waals surface area contributed by atoms with Gasteiger partial charge in [-0.05, 0) is 36.6 Å². The van der Waals surface area contributed by atoms with Crippen molar-refractivity contribution in [1.82, 2.24) is 4.98 Å². The number of amides is 1. The lowest BCUT2D eigenvalue weighted by Gasteiger charge is -2.29. The van der Waals surface area contributed by atoms with Crippen LogP contribution in [0.15, 0.2) is 47.8 Å². The normalized spacial score (nSPS) is 13.6. The monoisotopic (exact) mass is 372 g/mol. The van der Waals surface area contributed by atoms with Crippen LogP contribution in [0.4, 0.5) is 10.1 Å². The van der Waals surface area contributed by atoms with Gasteiger partial charge in [0.1, 0.15) is 16.5 Å². The number of anilines is 1. The number of carbonyl (C=O) groups is 1. The Kier molecular flexibility index (Phi) is 4.27. The number of aryl methyl sites for hydroxylation is 1. The lowest BCUT2D eigenvalue weighted by atomic mass is 10.0. The number of aromatic nitrogens is 1. The van der Waals surface area contributed by atoms with E-state index in [2.05, 4.69) is 4.98 Å². The molecule has 3 nitrogen and oxygen atoms in total. The van der Waals surface area contributed by atoms with Crippen molar-refractivity contribution in [2.45, 2.75) is 12.8 Å². The second kappa shape index (κ2) is 6.58. The highest BCUT2D eigenvalue weighted by Gasteiger charge is 2.27. The standard InChI is InChI=1S/C19H14ClFN2OS/c20-14-8-6-13(7-9-14)18-22-16(11-25-18)19(24)23-10-2-4-12-3-1-5-15(21)17(12)23/h1,3,5-9,11H,2,4,10H2. The van der Waals surface area contributed by atoms with E-state index in [-0.39, 0.29) is 11.7 Å². The molecule has 2 aromatic carbocycles. The summed E-state index contributed by atoms with van der Waals surface area (Å²) in [6.45, 7) is 0.501. The Bertz CT molecular complexity index is 939. The van der Waals surface area contributed by atoms with E-state index in [9.17, 15) is 9.18 Å². The second-order valence-electron chi connectivity index (χ2n) is 5.85. The van der Waals surface area contributed by atoms with E-state index in [4.69, 9.17) is 11.6 Å². The predicted molar refractivity (Wildman–Crippen MR) is 99.0 cm³/mol. The van der Waals surface area contributed by atoms with E-state index in [1.165, 1.54) is 22.3 Å². The molecule has 0 radical (unpaired) electrons. The highest BCUT2D eigenvalue weighted by molar-refractivity contribution is 7.13. The van der Waals surface area contributed by atoms with Crippen molar-refractivity contribution in [2.24, 2.45) is 0 Å². The smallest absolute Gasteiger partial charge is 0.277 e. The number of benzene rings is 2. The molecular formula is C19H14ClFN2OS. The van der Waals surface area contributed by atoms with Crippen molar-refractivity contribution in [3.63, 3.8) is 0 Å². The minimum Gasteiger partial charge on any atom is -0.304 e. The quantitative estimate of drug-likeness (QED) is 0.619. The average molecular weight is 373 g/mol. The molecule has 0 saturated carbocycles. The Morgan fingerprint density at radius 3 is 2.80 bits per heavy atom. The third kappa shape index (κ3) is 3.05. The number of nitrogens with zero attached hydrogens (tertiary/aromatic N) is 2. The highest BCUT2D eigenvalue weighted by atomic mass is 35.5. The van der Waals surface area contributed by atoms with Crippen molar-refractivity contribution in [1.29, 1.82) is 0 Å². The molecule has 0 atom stereocenters. The molecule has 0 spiro atoms. The zero-order valence-electron chi connectivity index (χ0n) is 13.2. The molecule has 1 amide bonds. The number of thiazole rings is 1. The molecule has 0 saturated heterocycles. The van der Waals surface area contributed by atoms with Gasteiger partial charge < -0.3 is 4.90 Å². The van der Waals surface area contributed by atoms with Gasteiger partial charge in [-0.3, -0.25) is 4.79 Å². The first-order chi connectivity index (χ1) is 12.1. The summed E-state index contributed by atoms with van der Waals surface area (Å²) in [6, 6.07) is 12.3. The van der Waals surface area contributed by atoms with E-state index in [0.29, 0.717) is 22.9 Å². The lowest BCUT2D eigenvalue weighted by Crippen LogP contribution is -2.36. The molecule has 25 heavy (non-hydrogen) atoms. The second-order valence-corrected chi connectivity index (χ2v) is 7.15. The van der Waals surface area contributed by atoms with Gasteiger partial charge in [-0.25, -0.2) is 9.37 Å². The Labute approximate surface area is 153 Å². The van der Waals surface area contributed by atoms with Crippen LogP contribution in [0.1, 0.15) is 22.5 Å². The fourth-order valence-corrected chi connectivity index (χ4v) is 3.97. The molecule has 0 unspecified atom stereocenters. The number of hydrogen-bond acceptors (Lipinski definition) is 3.